The average molecular weight is 234 g/mol. The Morgan fingerprint density at radius 2 is 2.19 bits per heavy atom. The first-order chi connectivity index (χ1) is 7.75. The van der Waals surface area contributed by atoms with Crippen LogP contribution in [0.4, 0.5) is 0 Å². The summed E-state index contributed by atoms with van der Waals surface area (Å²) < 4.78 is 0. The summed E-state index contributed by atoms with van der Waals surface area (Å²) in [6, 6.07) is 0.205. The van der Waals surface area contributed by atoms with Gasteiger partial charge in [-0.2, -0.15) is 0 Å². The molecule has 0 bridgehead atoms. The maximum atomic E-state index is 4.26. The fourth-order valence-corrected chi connectivity index (χ4v) is 2.13. The Kier molecular flexibility index (Phi) is 3.58. The van der Waals surface area contributed by atoms with Crippen molar-refractivity contribution in [1.82, 2.24) is 20.3 Å². The largest absolute Gasteiger partial charge is 0.304 e. The number of thiazole rings is 1. The molecule has 5 heteroatoms. The van der Waals surface area contributed by atoms with Crippen molar-refractivity contribution < 1.29 is 0 Å². The second-order valence-corrected chi connectivity index (χ2v) is 4.90. The van der Waals surface area contributed by atoms with E-state index in [-0.39, 0.29) is 6.04 Å². The smallest absolute Gasteiger partial charge is 0.0897 e. The predicted molar refractivity (Wildman–Crippen MR) is 64.1 cm³/mol. The molecule has 0 radical (unpaired) electrons. The zero-order chi connectivity index (χ0) is 11.4. The lowest BCUT2D eigenvalue weighted by molar-refractivity contribution is 0.562. The third kappa shape index (κ3) is 2.84. The normalized spacial score (nSPS) is 12.6. The molecule has 2 aromatic heterocycles. The summed E-state index contributed by atoms with van der Waals surface area (Å²) in [5.41, 5.74) is 0.962. The van der Waals surface area contributed by atoms with Crippen molar-refractivity contribution in [3.8, 4) is 0 Å². The molecule has 16 heavy (non-hydrogen) atoms. The number of rotatable bonds is 4. The maximum Gasteiger partial charge on any atom is 0.0897 e. The Balaban J connectivity index is 1.91. The van der Waals surface area contributed by atoms with E-state index in [9.17, 15) is 0 Å². The van der Waals surface area contributed by atoms with Crippen LogP contribution in [0.3, 0.4) is 0 Å². The minimum absolute atomic E-state index is 0.205. The van der Waals surface area contributed by atoms with Crippen LogP contribution < -0.4 is 5.32 Å². The summed E-state index contributed by atoms with van der Waals surface area (Å²) in [4.78, 5) is 13.8. The number of nitrogens with zero attached hydrogens (tertiary/aromatic N) is 3. The zero-order valence-electron chi connectivity index (χ0n) is 9.34. The van der Waals surface area contributed by atoms with E-state index in [1.54, 1.807) is 29.9 Å². The number of nitrogens with one attached hydrogen (secondary N) is 1. The van der Waals surface area contributed by atoms with Gasteiger partial charge in [0, 0.05) is 42.3 Å². The molecule has 0 aliphatic rings. The van der Waals surface area contributed by atoms with Gasteiger partial charge in [0.15, 0.2) is 0 Å². The van der Waals surface area contributed by atoms with Crippen LogP contribution in [-0.2, 0) is 6.54 Å². The van der Waals surface area contributed by atoms with E-state index in [1.807, 2.05) is 13.1 Å². The number of aryl methyl sites for hydroxylation is 1. The van der Waals surface area contributed by atoms with E-state index in [1.165, 1.54) is 4.88 Å². The van der Waals surface area contributed by atoms with Crippen molar-refractivity contribution in [3.63, 3.8) is 0 Å². The van der Waals surface area contributed by atoms with Gasteiger partial charge in [-0.25, -0.2) is 4.98 Å². The van der Waals surface area contributed by atoms with Crippen LogP contribution in [0.5, 0.6) is 0 Å². The molecule has 0 saturated carbocycles. The van der Waals surface area contributed by atoms with Gasteiger partial charge >= 0.3 is 0 Å². The number of hydrogen-bond donors (Lipinski definition) is 1. The predicted octanol–water partition coefficient (Wildman–Crippen LogP) is 2.09. The summed E-state index contributed by atoms with van der Waals surface area (Å²) in [7, 11) is 0. The fraction of sp³-hybridized carbons (Fsp3) is 0.364. The highest BCUT2D eigenvalue weighted by molar-refractivity contribution is 7.11. The Morgan fingerprint density at radius 3 is 2.81 bits per heavy atom. The van der Waals surface area contributed by atoms with Crippen LogP contribution in [0.25, 0.3) is 0 Å². The van der Waals surface area contributed by atoms with E-state index in [4.69, 9.17) is 0 Å². The molecule has 0 amide bonds. The molecule has 0 saturated heterocycles. The molecule has 0 aliphatic carbocycles. The summed E-state index contributed by atoms with van der Waals surface area (Å²) in [5, 5.41) is 4.50. The van der Waals surface area contributed by atoms with E-state index < -0.39 is 0 Å². The highest BCUT2D eigenvalue weighted by Gasteiger charge is 2.06. The Hall–Kier alpha value is -1.33. The first-order valence-electron chi connectivity index (χ1n) is 5.16. The highest BCUT2D eigenvalue weighted by Crippen LogP contribution is 2.13. The van der Waals surface area contributed by atoms with Gasteiger partial charge in [-0.05, 0) is 13.8 Å². The van der Waals surface area contributed by atoms with Gasteiger partial charge in [0.2, 0.25) is 0 Å². The first-order valence-corrected chi connectivity index (χ1v) is 5.98. The van der Waals surface area contributed by atoms with Crippen molar-refractivity contribution in [2.24, 2.45) is 0 Å². The van der Waals surface area contributed by atoms with Crippen molar-refractivity contribution in [2.75, 3.05) is 0 Å². The van der Waals surface area contributed by atoms with Crippen LogP contribution in [0.15, 0.2) is 24.8 Å². The molecule has 1 N–H and O–H groups in total. The van der Waals surface area contributed by atoms with Gasteiger partial charge < -0.3 is 5.32 Å². The van der Waals surface area contributed by atoms with Gasteiger partial charge in [0.05, 0.1) is 10.7 Å². The monoisotopic (exact) mass is 234 g/mol. The second-order valence-electron chi connectivity index (χ2n) is 3.58. The highest BCUT2D eigenvalue weighted by atomic mass is 32.1. The number of hydrogen-bond acceptors (Lipinski definition) is 5. The van der Waals surface area contributed by atoms with Crippen LogP contribution in [-0.4, -0.2) is 15.0 Å². The molecular weight excluding hydrogens is 220 g/mol. The molecule has 2 aromatic rings. The topological polar surface area (TPSA) is 50.7 Å². The third-order valence-electron chi connectivity index (χ3n) is 2.28. The molecule has 0 fully saturated rings. The molecule has 84 valence electrons. The number of aromatic nitrogens is 3. The van der Waals surface area contributed by atoms with Gasteiger partial charge in [0.25, 0.3) is 0 Å². The molecule has 2 heterocycles. The maximum absolute atomic E-state index is 4.26. The molecule has 1 atom stereocenters. The standard InChI is InChI=1S/C11H14N4S/c1-8(11-7-12-3-4-13-11)14-5-10-6-15-9(2)16-10/h3-4,6-8,14H,5H2,1-2H3. The Bertz CT molecular complexity index is 440. The second kappa shape index (κ2) is 5.14. The Morgan fingerprint density at radius 1 is 1.31 bits per heavy atom. The molecule has 0 spiro atoms. The van der Waals surface area contributed by atoms with E-state index in [0.717, 1.165) is 17.2 Å². The van der Waals surface area contributed by atoms with Crippen molar-refractivity contribution >= 4 is 11.3 Å². The molecule has 0 aliphatic heterocycles. The van der Waals surface area contributed by atoms with Crippen molar-refractivity contribution in [1.29, 1.82) is 0 Å². The molecule has 1 unspecified atom stereocenters. The van der Waals surface area contributed by atoms with Crippen LogP contribution in [0, 0.1) is 6.92 Å². The van der Waals surface area contributed by atoms with Gasteiger partial charge in [-0.1, -0.05) is 0 Å². The van der Waals surface area contributed by atoms with E-state index in [0.29, 0.717) is 0 Å². The summed E-state index contributed by atoms with van der Waals surface area (Å²) in [6.45, 7) is 4.92. The first kappa shape index (κ1) is 11.2. The molecule has 2 rings (SSSR count). The van der Waals surface area contributed by atoms with Crippen molar-refractivity contribution in [3.05, 3.63) is 40.4 Å². The van der Waals surface area contributed by atoms with Crippen LogP contribution in [0.2, 0.25) is 0 Å². The van der Waals surface area contributed by atoms with Gasteiger partial charge in [-0.3, -0.25) is 9.97 Å². The van der Waals surface area contributed by atoms with Gasteiger partial charge in [-0.15, -0.1) is 11.3 Å². The Labute approximate surface area is 98.8 Å². The molecule has 0 aromatic carbocycles. The summed E-state index contributed by atoms with van der Waals surface area (Å²) in [5.74, 6) is 0. The van der Waals surface area contributed by atoms with Crippen molar-refractivity contribution in [2.45, 2.75) is 26.4 Å². The van der Waals surface area contributed by atoms with E-state index >= 15 is 0 Å². The average Bonchev–Trinajstić information content (AvgIpc) is 2.73. The lowest BCUT2D eigenvalue weighted by Crippen LogP contribution is -2.18. The fourth-order valence-electron chi connectivity index (χ4n) is 1.38. The minimum Gasteiger partial charge on any atom is -0.304 e. The molecule has 4 nitrogen and oxygen atoms in total. The quantitative estimate of drug-likeness (QED) is 0.880. The minimum atomic E-state index is 0.205. The zero-order valence-corrected chi connectivity index (χ0v) is 10.2. The summed E-state index contributed by atoms with van der Waals surface area (Å²) in [6.07, 6.45) is 7.10. The van der Waals surface area contributed by atoms with Crippen LogP contribution in [0.1, 0.15) is 28.5 Å². The SMILES string of the molecule is Cc1ncc(CNC(C)c2cnccn2)s1. The van der Waals surface area contributed by atoms with Gasteiger partial charge in [0.1, 0.15) is 0 Å². The lowest BCUT2D eigenvalue weighted by atomic mass is 10.2. The summed E-state index contributed by atoms with van der Waals surface area (Å²) >= 11 is 1.72. The van der Waals surface area contributed by atoms with E-state index in [2.05, 4.69) is 27.2 Å². The molecular formula is C11H14N4S. The lowest BCUT2D eigenvalue weighted by Gasteiger charge is -2.11. The third-order valence-corrected chi connectivity index (χ3v) is 3.19. The van der Waals surface area contributed by atoms with Crippen LogP contribution >= 0.6 is 11.3 Å².